The fraction of sp³-hybridized carbons (Fsp3) is 0.533. The number of carbonyl (C=O) groups excluding carboxylic acids is 1. The van der Waals surface area contributed by atoms with Crippen LogP contribution in [-0.2, 0) is 0 Å². The molecule has 1 N–H and O–H groups in total. The summed E-state index contributed by atoms with van der Waals surface area (Å²) in [4.78, 5) is 12.1. The van der Waals surface area contributed by atoms with Gasteiger partial charge in [-0.1, -0.05) is 35.0 Å². The number of ether oxygens (including phenoxy) is 1. The highest BCUT2D eigenvalue weighted by atomic mass is 79.9. The quantitative estimate of drug-likeness (QED) is 0.585. The highest BCUT2D eigenvalue weighted by Gasteiger charge is 2.11. The Morgan fingerprint density at radius 3 is 2.84 bits per heavy atom. The summed E-state index contributed by atoms with van der Waals surface area (Å²) in [5.41, 5.74) is 0.609. The number of benzene rings is 1. The average Bonchev–Trinajstić information content (AvgIpc) is 2.44. The fourth-order valence-corrected chi connectivity index (χ4v) is 2.08. The second-order valence-electron chi connectivity index (χ2n) is 4.59. The largest absolute Gasteiger partial charge is 0.493 e. The predicted molar refractivity (Wildman–Crippen MR) is 82.1 cm³/mol. The number of nitrogens with one attached hydrogen (secondary N) is 1. The van der Waals surface area contributed by atoms with E-state index in [2.05, 4.69) is 28.2 Å². The zero-order valence-corrected chi connectivity index (χ0v) is 13.2. The predicted octanol–water partition coefficient (Wildman–Crippen LogP) is 3.63. The van der Waals surface area contributed by atoms with Crippen LogP contribution in [0.4, 0.5) is 0 Å². The molecule has 1 unspecified atom stereocenters. The second kappa shape index (κ2) is 8.97. The molecule has 0 aliphatic heterocycles. The minimum atomic E-state index is -0.0597. The molecule has 0 heterocycles. The Hall–Kier alpha value is -1.03. The van der Waals surface area contributed by atoms with Crippen LogP contribution in [0.1, 0.15) is 37.0 Å². The van der Waals surface area contributed by atoms with Crippen molar-refractivity contribution in [1.82, 2.24) is 5.32 Å². The summed E-state index contributed by atoms with van der Waals surface area (Å²) in [6.07, 6.45) is 2.11. The van der Waals surface area contributed by atoms with E-state index in [0.717, 1.165) is 18.2 Å². The van der Waals surface area contributed by atoms with Gasteiger partial charge in [0.05, 0.1) is 12.2 Å². The molecule has 1 aromatic rings. The number of alkyl halides is 1. The van der Waals surface area contributed by atoms with E-state index < -0.39 is 0 Å². The molecule has 1 atom stereocenters. The maximum Gasteiger partial charge on any atom is 0.255 e. The van der Waals surface area contributed by atoms with Crippen molar-refractivity contribution in [3.05, 3.63) is 29.8 Å². The summed E-state index contributed by atoms with van der Waals surface area (Å²) in [6, 6.07) is 7.34. The number of carbonyl (C=O) groups is 1. The molecule has 0 aliphatic rings. The topological polar surface area (TPSA) is 38.3 Å². The molecule has 0 radical (unpaired) electrons. The number of hydrogen-bond acceptors (Lipinski definition) is 2. The van der Waals surface area contributed by atoms with Crippen LogP contribution >= 0.6 is 15.9 Å². The molecule has 0 fully saturated rings. The van der Waals surface area contributed by atoms with E-state index in [0.29, 0.717) is 30.4 Å². The third-order valence-electron chi connectivity index (χ3n) is 2.85. The van der Waals surface area contributed by atoms with Gasteiger partial charge in [0.1, 0.15) is 5.75 Å². The molecule has 0 saturated heterocycles. The second-order valence-corrected chi connectivity index (χ2v) is 5.23. The molecular formula is C15H22BrNO2. The molecule has 106 valence electrons. The molecule has 4 heteroatoms. The van der Waals surface area contributed by atoms with E-state index in [1.54, 1.807) is 6.07 Å². The summed E-state index contributed by atoms with van der Waals surface area (Å²) in [7, 11) is 0. The van der Waals surface area contributed by atoms with Crippen LogP contribution in [0.15, 0.2) is 24.3 Å². The third kappa shape index (κ3) is 5.64. The molecule has 1 aromatic carbocycles. The van der Waals surface area contributed by atoms with Crippen molar-refractivity contribution in [2.45, 2.75) is 26.7 Å². The van der Waals surface area contributed by atoms with Crippen LogP contribution in [0.3, 0.4) is 0 Å². The number of hydrogen-bond donors (Lipinski definition) is 1. The van der Waals surface area contributed by atoms with Gasteiger partial charge in [0.25, 0.3) is 5.91 Å². The zero-order chi connectivity index (χ0) is 14.1. The molecule has 19 heavy (non-hydrogen) atoms. The standard InChI is InChI=1S/C15H22BrNO2/c1-3-19-14-9-5-4-8-13(14)15(18)17-10-6-7-12(2)11-16/h4-5,8-9,12H,3,6-7,10-11H2,1-2H3,(H,17,18). The first-order chi connectivity index (χ1) is 9.19. The monoisotopic (exact) mass is 327 g/mol. The minimum Gasteiger partial charge on any atom is -0.493 e. The molecule has 0 bridgehead atoms. The summed E-state index contributed by atoms with van der Waals surface area (Å²) in [6.45, 7) is 5.38. The summed E-state index contributed by atoms with van der Waals surface area (Å²) in [5, 5.41) is 3.95. The van der Waals surface area contributed by atoms with Crippen molar-refractivity contribution >= 4 is 21.8 Å². The maximum atomic E-state index is 12.1. The highest BCUT2D eigenvalue weighted by molar-refractivity contribution is 9.09. The minimum absolute atomic E-state index is 0.0597. The van der Waals surface area contributed by atoms with Gasteiger partial charge in [-0.2, -0.15) is 0 Å². The summed E-state index contributed by atoms with van der Waals surface area (Å²) >= 11 is 3.46. The summed E-state index contributed by atoms with van der Waals surface area (Å²) in [5.74, 6) is 1.24. The number of para-hydroxylation sites is 1. The first kappa shape index (κ1) is 16.0. The van der Waals surface area contributed by atoms with Crippen LogP contribution < -0.4 is 10.1 Å². The molecule has 0 aromatic heterocycles. The first-order valence-electron chi connectivity index (χ1n) is 6.75. The van der Waals surface area contributed by atoms with Crippen molar-refractivity contribution in [2.75, 3.05) is 18.5 Å². The van der Waals surface area contributed by atoms with Crippen molar-refractivity contribution in [2.24, 2.45) is 5.92 Å². The number of amides is 1. The molecule has 3 nitrogen and oxygen atoms in total. The Bertz CT molecular complexity index is 395. The number of rotatable bonds is 8. The molecule has 1 rings (SSSR count). The Morgan fingerprint density at radius 2 is 2.16 bits per heavy atom. The normalized spacial score (nSPS) is 11.9. The van der Waals surface area contributed by atoms with E-state index in [9.17, 15) is 4.79 Å². The Morgan fingerprint density at radius 1 is 1.42 bits per heavy atom. The molecular weight excluding hydrogens is 306 g/mol. The maximum absolute atomic E-state index is 12.1. The van der Waals surface area contributed by atoms with E-state index in [1.807, 2.05) is 25.1 Å². The van der Waals surface area contributed by atoms with Crippen molar-refractivity contribution < 1.29 is 9.53 Å². The van der Waals surface area contributed by atoms with Gasteiger partial charge in [0, 0.05) is 11.9 Å². The van der Waals surface area contributed by atoms with Gasteiger partial charge in [-0.15, -0.1) is 0 Å². The van der Waals surface area contributed by atoms with Gasteiger partial charge in [0.2, 0.25) is 0 Å². The average molecular weight is 328 g/mol. The Labute approximate surface area is 123 Å². The fourth-order valence-electron chi connectivity index (χ4n) is 1.76. The van der Waals surface area contributed by atoms with E-state index in [-0.39, 0.29) is 5.91 Å². The lowest BCUT2D eigenvalue weighted by Gasteiger charge is -2.11. The van der Waals surface area contributed by atoms with Crippen molar-refractivity contribution in [3.63, 3.8) is 0 Å². The highest BCUT2D eigenvalue weighted by Crippen LogP contribution is 2.17. The van der Waals surface area contributed by atoms with Crippen LogP contribution in [0.2, 0.25) is 0 Å². The van der Waals surface area contributed by atoms with Crippen molar-refractivity contribution in [1.29, 1.82) is 0 Å². The molecule has 0 spiro atoms. The van der Waals surface area contributed by atoms with Gasteiger partial charge < -0.3 is 10.1 Å². The van der Waals surface area contributed by atoms with Crippen LogP contribution in [0.25, 0.3) is 0 Å². The van der Waals surface area contributed by atoms with E-state index in [1.165, 1.54) is 0 Å². The molecule has 0 aliphatic carbocycles. The Balaban J connectivity index is 2.45. The first-order valence-corrected chi connectivity index (χ1v) is 7.87. The Kier molecular flexibility index (Phi) is 7.56. The van der Waals surface area contributed by atoms with E-state index in [4.69, 9.17) is 4.74 Å². The lowest BCUT2D eigenvalue weighted by atomic mass is 10.1. The SMILES string of the molecule is CCOc1ccccc1C(=O)NCCCC(C)CBr. The lowest BCUT2D eigenvalue weighted by Crippen LogP contribution is -2.25. The molecule has 1 amide bonds. The van der Waals surface area contributed by atoms with Crippen LogP contribution in [0.5, 0.6) is 5.75 Å². The van der Waals surface area contributed by atoms with Crippen LogP contribution in [-0.4, -0.2) is 24.4 Å². The third-order valence-corrected chi connectivity index (χ3v) is 3.96. The van der Waals surface area contributed by atoms with Gasteiger partial charge in [-0.25, -0.2) is 0 Å². The lowest BCUT2D eigenvalue weighted by molar-refractivity contribution is 0.0949. The van der Waals surface area contributed by atoms with Crippen molar-refractivity contribution in [3.8, 4) is 5.75 Å². The van der Waals surface area contributed by atoms with Gasteiger partial charge in [-0.05, 0) is 37.8 Å². The van der Waals surface area contributed by atoms with Gasteiger partial charge in [-0.3, -0.25) is 4.79 Å². The number of halogens is 1. The molecule has 0 saturated carbocycles. The van der Waals surface area contributed by atoms with Gasteiger partial charge in [0.15, 0.2) is 0 Å². The van der Waals surface area contributed by atoms with Gasteiger partial charge >= 0.3 is 0 Å². The van der Waals surface area contributed by atoms with E-state index >= 15 is 0 Å². The smallest absolute Gasteiger partial charge is 0.255 e. The summed E-state index contributed by atoms with van der Waals surface area (Å²) < 4.78 is 5.45. The van der Waals surface area contributed by atoms with Crippen LogP contribution in [0, 0.1) is 5.92 Å². The zero-order valence-electron chi connectivity index (χ0n) is 11.6.